The van der Waals surface area contributed by atoms with Crippen molar-refractivity contribution in [2.45, 2.75) is 41.5 Å². The van der Waals surface area contributed by atoms with Gasteiger partial charge in [0.05, 0.1) is 22.8 Å². The van der Waals surface area contributed by atoms with Crippen LogP contribution in [-0.4, -0.2) is 26.4 Å². The molecule has 0 amide bonds. The summed E-state index contributed by atoms with van der Waals surface area (Å²) < 4.78 is 0. The van der Waals surface area contributed by atoms with Crippen molar-refractivity contribution in [2.24, 2.45) is 9.98 Å². The van der Waals surface area contributed by atoms with Crippen molar-refractivity contribution in [1.82, 2.24) is 15.0 Å². The Kier molecular flexibility index (Phi) is 9.79. The summed E-state index contributed by atoms with van der Waals surface area (Å²) in [4.78, 5) is 22.8. The fourth-order valence-electron chi connectivity index (χ4n) is 3.04. The number of aryl methyl sites for hydroxylation is 4. The molecule has 0 spiro atoms. The van der Waals surface area contributed by atoms with E-state index in [-0.39, 0.29) is 13.1 Å². The van der Waals surface area contributed by atoms with Crippen molar-refractivity contribution < 1.29 is 13.1 Å². The zero-order chi connectivity index (χ0) is 23.0. The van der Waals surface area contributed by atoms with Crippen molar-refractivity contribution in [3.63, 3.8) is 0 Å². The zero-order valence-electron chi connectivity index (χ0n) is 18.4. The molecule has 164 valence electrons. The Morgan fingerprint density at radius 2 is 1.03 bits per heavy atom. The van der Waals surface area contributed by atoms with Gasteiger partial charge in [-0.15, -0.1) is 0 Å². The molecule has 8 heteroatoms. The Labute approximate surface area is 198 Å². The van der Waals surface area contributed by atoms with E-state index in [1.807, 2.05) is 26.0 Å². The summed E-state index contributed by atoms with van der Waals surface area (Å²) in [7, 11) is 9.53. The molecule has 5 nitrogen and oxygen atoms in total. The topological polar surface area (TPSA) is 63.4 Å². The normalized spacial score (nSPS) is 11.9. The number of halogens is 2. The van der Waals surface area contributed by atoms with Gasteiger partial charge in [-0.3, -0.25) is 0 Å². The number of nitrogens with zero attached hydrogens (tertiary/aromatic N) is 5. The molecule has 0 saturated carbocycles. The van der Waals surface area contributed by atoms with Crippen molar-refractivity contribution in [3.8, 4) is 0 Å². The first-order valence-electron chi connectivity index (χ1n) is 9.56. The number of aromatic nitrogens is 3. The summed E-state index contributed by atoms with van der Waals surface area (Å²) in [5.74, 6) is 1.12. The van der Waals surface area contributed by atoms with Gasteiger partial charge in [-0.1, -0.05) is 36.4 Å². The molecule has 0 unspecified atom stereocenters. The van der Waals surface area contributed by atoms with Crippen LogP contribution in [0.2, 0.25) is 0 Å². The number of para-hydroxylation sites is 2. The molecule has 0 bridgehead atoms. The quantitative estimate of drug-likeness (QED) is 0.295. The van der Waals surface area contributed by atoms with E-state index in [4.69, 9.17) is 30.2 Å². The average Bonchev–Trinajstić information content (AvgIpc) is 2.74. The summed E-state index contributed by atoms with van der Waals surface area (Å²) in [5.41, 5.74) is 7.93. The van der Waals surface area contributed by atoms with E-state index in [2.05, 4.69) is 66.9 Å². The predicted octanol–water partition coefficient (Wildman–Crippen LogP) is 6.76. The third-order valence-corrected chi connectivity index (χ3v) is 4.66. The molecule has 3 rings (SSSR count). The molecular weight excluding hydrogens is 473 g/mol. The molecular formula is C23H25Cl2FeN5. The summed E-state index contributed by atoms with van der Waals surface area (Å²) in [5, 5.41) is 0. The van der Waals surface area contributed by atoms with Crippen LogP contribution in [0.5, 0.6) is 0 Å². The van der Waals surface area contributed by atoms with Gasteiger partial charge in [0.25, 0.3) is 0 Å². The summed E-state index contributed by atoms with van der Waals surface area (Å²) in [6.45, 7) is 12.1. The summed E-state index contributed by atoms with van der Waals surface area (Å²) >= 11 is 0.194. The maximum atomic E-state index is 4.77. The van der Waals surface area contributed by atoms with Gasteiger partial charge in [0.1, 0.15) is 6.33 Å². The van der Waals surface area contributed by atoms with Crippen LogP contribution in [0.4, 0.5) is 11.4 Å². The number of aliphatic imine (C=N–C) groups is 2. The fourth-order valence-corrected chi connectivity index (χ4v) is 3.04. The monoisotopic (exact) mass is 497 g/mol. The number of hydrogen-bond donors (Lipinski definition) is 0. The number of rotatable bonds is 4. The molecule has 0 aliphatic heterocycles. The Balaban J connectivity index is 0.00000107. The molecule has 2 aromatic carbocycles. The van der Waals surface area contributed by atoms with Gasteiger partial charge in [-0.25, -0.2) is 24.9 Å². The Morgan fingerprint density at radius 3 is 1.35 bits per heavy atom. The van der Waals surface area contributed by atoms with Crippen molar-refractivity contribution in [2.75, 3.05) is 0 Å². The second-order valence-electron chi connectivity index (χ2n) is 7.06. The average molecular weight is 498 g/mol. The second-order valence-corrected chi connectivity index (χ2v) is 8.88. The SMILES string of the molecule is CC(=Nc1c(C)cccc1C)c1ncnc(C(C)=Nc2c(C)cccc2C)n1.[Cl][Fe][Cl]. The minimum atomic E-state index is 0.194. The van der Waals surface area contributed by atoms with Gasteiger partial charge >= 0.3 is 33.3 Å². The first-order chi connectivity index (χ1) is 14.8. The van der Waals surface area contributed by atoms with E-state index in [0.717, 1.165) is 45.1 Å². The van der Waals surface area contributed by atoms with Gasteiger partial charge < -0.3 is 0 Å². The van der Waals surface area contributed by atoms with Crippen LogP contribution in [0.1, 0.15) is 47.8 Å². The molecule has 31 heavy (non-hydrogen) atoms. The van der Waals surface area contributed by atoms with E-state index in [1.54, 1.807) is 0 Å². The van der Waals surface area contributed by atoms with Crippen LogP contribution in [0, 0.1) is 27.7 Å². The number of benzene rings is 2. The third-order valence-electron chi connectivity index (χ3n) is 4.66. The van der Waals surface area contributed by atoms with E-state index in [9.17, 15) is 0 Å². The van der Waals surface area contributed by atoms with Crippen LogP contribution in [-0.2, 0) is 13.1 Å². The second kappa shape index (κ2) is 12.1. The predicted molar refractivity (Wildman–Crippen MR) is 127 cm³/mol. The Bertz CT molecular complexity index is 990. The van der Waals surface area contributed by atoms with Crippen LogP contribution in [0.3, 0.4) is 0 Å². The standard InChI is InChI=1S/C23H25N5.2ClH.Fe/c1-14-9-7-10-15(2)20(14)26-18(5)22-24-13-25-23(28-22)19(6)27-21-16(3)11-8-12-17(21)4;;;/h7-13H,1-6H3;2*1H;/q;;;+2/p-2. The van der Waals surface area contributed by atoms with Gasteiger partial charge in [0.15, 0.2) is 11.6 Å². The molecule has 0 radical (unpaired) electrons. The minimum absolute atomic E-state index is 0.194. The van der Waals surface area contributed by atoms with Crippen LogP contribution in [0.25, 0.3) is 0 Å². The fraction of sp³-hybridized carbons (Fsp3) is 0.261. The molecule has 3 aromatic rings. The van der Waals surface area contributed by atoms with Gasteiger partial charge in [-0.05, 0) is 63.8 Å². The third kappa shape index (κ3) is 6.94. The summed E-state index contributed by atoms with van der Waals surface area (Å²) in [6.07, 6.45) is 1.52. The molecule has 0 fully saturated rings. The molecule has 1 heterocycles. The van der Waals surface area contributed by atoms with E-state index in [1.165, 1.54) is 6.33 Å². The molecule has 1 aromatic heterocycles. The van der Waals surface area contributed by atoms with Gasteiger partial charge in [0.2, 0.25) is 0 Å². The van der Waals surface area contributed by atoms with Crippen LogP contribution < -0.4 is 0 Å². The van der Waals surface area contributed by atoms with E-state index in [0.29, 0.717) is 11.6 Å². The van der Waals surface area contributed by atoms with Crippen LogP contribution >= 0.6 is 20.2 Å². The van der Waals surface area contributed by atoms with Gasteiger partial charge in [-0.2, -0.15) is 0 Å². The first-order valence-corrected chi connectivity index (χ1v) is 12.6. The molecule has 0 aliphatic rings. The summed E-state index contributed by atoms with van der Waals surface area (Å²) in [6, 6.07) is 12.3. The zero-order valence-corrected chi connectivity index (χ0v) is 21.0. The first kappa shape index (κ1) is 25.2. The maximum absolute atomic E-state index is 4.77. The Morgan fingerprint density at radius 1 is 0.710 bits per heavy atom. The van der Waals surface area contributed by atoms with Crippen molar-refractivity contribution in [3.05, 3.63) is 76.6 Å². The van der Waals surface area contributed by atoms with Crippen molar-refractivity contribution in [1.29, 1.82) is 0 Å². The number of hydrogen-bond acceptors (Lipinski definition) is 5. The van der Waals surface area contributed by atoms with Crippen LogP contribution in [0.15, 0.2) is 52.7 Å². The molecule has 0 aliphatic carbocycles. The molecule has 0 saturated heterocycles. The molecule has 0 N–H and O–H groups in total. The Hall–Kier alpha value is -2.11. The molecule has 0 atom stereocenters. The van der Waals surface area contributed by atoms with Gasteiger partial charge in [0, 0.05) is 0 Å². The van der Waals surface area contributed by atoms with Crippen molar-refractivity contribution >= 4 is 43.0 Å². The van der Waals surface area contributed by atoms with E-state index >= 15 is 0 Å². The van der Waals surface area contributed by atoms with E-state index < -0.39 is 0 Å².